The number of hydrogen-bond acceptors (Lipinski definition) is 6. The average molecular weight is 558 g/mol. The van der Waals surface area contributed by atoms with E-state index in [-0.39, 0.29) is 16.7 Å². The number of nitrogens with zero attached hydrogens (tertiary/aromatic N) is 1. The Morgan fingerprint density at radius 1 is 0.902 bits per heavy atom. The zero-order chi connectivity index (χ0) is 29.7. The molecule has 1 unspecified atom stereocenters. The van der Waals surface area contributed by atoms with E-state index in [1.807, 2.05) is 50.2 Å². The van der Waals surface area contributed by atoms with Crippen LogP contribution >= 0.6 is 0 Å². The lowest BCUT2D eigenvalue weighted by molar-refractivity contribution is -0.139. The number of methoxy groups -OCH3 is 1. The van der Waals surface area contributed by atoms with Crippen LogP contribution in [0, 0.1) is 0 Å². The van der Waals surface area contributed by atoms with Crippen molar-refractivity contribution in [2.24, 2.45) is 0 Å². The van der Waals surface area contributed by atoms with Gasteiger partial charge in [0.05, 0.1) is 25.3 Å². The average Bonchev–Trinajstić information content (AvgIpc) is 3.21. The number of rotatable bonds is 10. The van der Waals surface area contributed by atoms with Crippen LogP contribution in [0.4, 0.5) is 0 Å². The van der Waals surface area contributed by atoms with Crippen molar-refractivity contribution >= 4 is 17.4 Å². The second-order valence-corrected chi connectivity index (χ2v) is 11.1. The molecule has 0 bridgehead atoms. The van der Waals surface area contributed by atoms with Gasteiger partial charge in [0, 0.05) is 17.7 Å². The van der Waals surface area contributed by atoms with Gasteiger partial charge in [-0.3, -0.25) is 9.59 Å². The molecular weight excluding hydrogens is 518 g/mol. The number of carbonyl (C=O) groups excluding carboxylic acids is 2. The van der Waals surface area contributed by atoms with Gasteiger partial charge in [-0.1, -0.05) is 64.1 Å². The number of Topliss-reactive ketones (excluding diaryl/α,β-unsaturated/α-hetero) is 1. The van der Waals surface area contributed by atoms with E-state index in [1.165, 1.54) is 4.90 Å². The van der Waals surface area contributed by atoms with Gasteiger partial charge in [-0.15, -0.1) is 0 Å². The van der Waals surface area contributed by atoms with Gasteiger partial charge in [0.25, 0.3) is 11.7 Å². The topological polar surface area (TPSA) is 85.3 Å². The zero-order valence-electron chi connectivity index (χ0n) is 24.7. The van der Waals surface area contributed by atoms with Gasteiger partial charge in [-0.25, -0.2) is 0 Å². The Morgan fingerprint density at radius 2 is 1.61 bits per heavy atom. The van der Waals surface area contributed by atoms with Gasteiger partial charge in [-0.2, -0.15) is 0 Å². The molecule has 1 amide bonds. The van der Waals surface area contributed by atoms with Crippen molar-refractivity contribution < 1.29 is 28.9 Å². The molecule has 3 aromatic rings. The maximum atomic E-state index is 13.5. The summed E-state index contributed by atoms with van der Waals surface area (Å²) in [7, 11) is 1.56. The summed E-state index contributed by atoms with van der Waals surface area (Å²) >= 11 is 0. The fourth-order valence-corrected chi connectivity index (χ4v) is 5.11. The van der Waals surface area contributed by atoms with E-state index >= 15 is 0 Å². The van der Waals surface area contributed by atoms with E-state index in [2.05, 4.69) is 20.8 Å². The number of ether oxygens (including phenoxy) is 3. The first kappa shape index (κ1) is 29.7. The van der Waals surface area contributed by atoms with Crippen LogP contribution in [0.2, 0.25) is 0 Å². The lowest BCUT2D eigenvalue weighted by atomic mass is 9.84. The summed E-state index contributed by atoms with van der Waals surface area (Å²) in [6.07, 6.45) is 0.647. The number of carbonyl (C=O) groups is 2. The molecule has 7 heteroatoms. The molecule has 4 rings (SSSR count). The summed E-state index contributed by atoms with van der Waals surface area (Å²) in [5, 5.41) is 11.6. The number of hydrogen-bond donors (Lipinski definition) is 1. The van der Waals surface area contributed by atoms with Gasteiger partial charge >= 0.3 is 0 Å². The highest BCUT2D eigenvalue weighted by Crippen LogP contribution is 2.43. The van der Waals surface area contributed by atoms with E-state index in [9.17, 15) is 14.7 Å². The molecule has 0 aliphatic carbocycles. The molecule has 1 N–H and O–H groups in total. The molecule has 41 heavy (non-hydrogen) atoms. The van der Waals surface area contributed by atoms with E-state index in [0.717, 1.165) is 16.9 Å². The smallest absolute Gasteiger partial charge is 0.295 e. The van der Waals surface area contributed by atoms with Crippen molar-refractivity contribution in [3.05, 3.63) is 94.6 Å². The second kappa shape index (κ2) is 12.5. The molecule has 1 saturated heterocycles. The lowest BCUT2D eigenvalue weighted by Gasteiger charge is -2.26. The van der Waals surface area contributed by atoms with Crippen LogP contribution in [0.3, 0.4) is 0 Å². The van der Waals surface area contributed by atoms with Crippen molar-refractivity contribution in [1.29, 1.82) is 0 Å². The SMILES string of the molecule is CCCN1C(=O)C(=O)/C(=C(/O)c2ccc(OCC)c(C(C)(C)C)c2)C1c1ccc(OC)c(OCc2ccccc2)c1. The van der Waals surface area contributed by atoms with Gasteiger partial charge in [0.15, 0.2) is 11.5 Å². The Kier molecular flexibility index (Phi) is 9.06. The Labute approximate surface area is 242 Å². The predicted octanol–water partition coefficient (Wildman–Crippen LogP) is 6.80. The highest BCUT2D eigenvalue weighted by molar-refractivity contribution is 6.46. The molecule has 1 heterocycles. The monoisotopic (exact) mass is 557 g/mol. The Hall–Kier alpha value is -4.26. The molecule has 1 fully saturated rings. The highest BCUT2D eigenvalue weighted by Gasteiger charge is 2.46. The summed E-state index contributed by atoms with van der Waals surface area (Å²) < 4.78 is 17.5. The molecule has 0 saturated carbocycles. The third kappa shape index (κ3) is 6.24. The molecule has 1 atom stereocenters. The lowest BCUT2D eigenvalue weighted by Crippen LogP contribution is -2.30. The summed E-state index contributed by atoms with van der Waals surface area (Å²) in [5.41, 5.74) is 2.74. The number of likely N-dealkylation sites (tertiary alicyclic amines) is 1. The minimum atomic E-state index is -0.787. The Balaban J connectivity index is 1.83. The standard InChI is InChI=1S/C34H39NO6/c1-7-18-35-30(23-14-17-27(39-6)28(20-23)41-21-22-12-10-9-11-13-22)29(32(37)33(35)38)31(36)24-15-16-26(40-8-2)25(19-24)34(3,4)5/h9-17,19-20,30,36H,7-8,18,21H2,1-6H3/b31-29+. The quantitative estimate of drug-likeness (QED) is 0.168. The fourth-order valence-electron chi connectivity index (χ4n) is 5.11. The first-order valence-electron chi connectivity index (χ1n) is 14.0. The van der Waals surface area contributed by atoms with Gasteiger partial charge in [0.2, 0.25) is 0 Å². The highest BCUT2D eigenvalue weighted by atomic mass is 16.5. The third-order valence-corrected chi connectivity index (χ3v) is 7.11. The first-order chi connectivity index (χ1) is 19.6. The van der Waals surface area contributed by atoms with E-state index < -0.39 is 17.7 Å². The minimum Gasteiger partial charge on any atom is -0.507 e. The van der Waals surface area contributed by atoms with Crippen LogP contribution in [0.25, 0.3) is 5.76 Å². The predicted molar refractivity (Wildman–Crippen MR) is 159 cm³/mol. The molecule has 0 radical (unpaired) electrons. The molecule has 0 spiro atoms. The maximum absolute atomic E-state index is 13.5. The van der Waals surface area contributed by atoms with Crippen LogP contribution in [0.15, 0.2) is 72.3 Å². The number of aliphatic hydroxyl groups excluding tert-OH is 1. The maximum Gasteiger partial charge on any atom is 0.295 e. The minimum absolute atomic E-state index is 0.0478. The van der Waals surface area contributed by atoms with Crippen LogP contribution < -0.4 is 14.2 Å². The van der Waals surface area contributed by atoms with E-state index in [0.29, 0.717) is 48.8 Å². The summed E-state index contributed by atoms with van der Waals surface area (Å²) in [6, 6.07) is 19.7. The largest absolute Gasteiger partial charge is 0.507 e. The van der Waals surface area contributed by atoms with Crippen molar-refractivity contribution in [1.82, 2.24) is 4.90 Å². The normalized spacial score (nSPS) is 16.6. The summed E-state index contributed by atoms with van der Waals surface area (Å²) in [4.78, 5) is 28.3. The van der Waals surface area contributed by atoms with Gasteiger partial charge in [0.1, 0.15) is 18.1 Å². The van der Waals surface area contributed by atoms with Crippen molar-refractivity contribution in [2.75, 3.05) is 20.3 Å². The molecule has 3 aromatic carbocycles. The number of aliphatic hydroxyl groups is 1. The van der Waals surface area contributed by atoms with Crippen LogP contribution in [0.5, 0.6) is 17.2 Å². The number of amides is 1. The van der Waals surface area contributed by atoms with Crippen LogP contribution in [-0.4, -0.2) is 42.0 Å². The molecule has 1 aliphatic rings. The number of ketones is 1. The summed E-state index contributed by atoms with van der Waals surface area (Å²) in [6.45, 7) is 11.2. The third-order valence-electron chi connectivity index (χ3n) is 7.11. The first-order valence-corrected chi connectivity index (χ1v) is 14.0. The van der Waals surface area contributed by atoms with Gasteiger partial charge in [-0.05, 0) is 60.2 Å². The molecule has 1 aliphatic heterocycles. The van der Waals surface area contributed by atoms with Crippen molar-refractivity contribution in [3.63, 3.8) is 0 Å². The summed E-state index contributed by atoms with van der Waals surface area (Å²) in [5.74, 6) is 0.154. The van der Waals surface area contributed by atoms with Crippen molar-refractivity contribution in [2.45, 2.75) is 59.1 Å². The number of benzene rings is 3. The van der Waals surface area contributed by atoms with Crippen LogP contribution in [-0.2, 0) is 21.6 Å². The second-order valence-electron chi connectivity index (χ2n) is 11.1. The molecular formula is C34H39NO6. The fraction of sp³-hybridized carbons (Fsp3) is 0.353. The van der Waals surface area contributed by atoms with Gasteiger partial charge < -0.3 is 24.2 Å². The Bertz CT molecular complexity index is 1440. The van der Waals surface area contributed by atoms with E-state index in [4.69, 9.17) is 14.2 Å². The molecule has 0 aromatic heterocycles. The zero-order valence-corrected chi connectivity index (χ0v) is 24.7. The van der Waals surface area contributed by atoms with Crippen LogP contribution in [0.1, 0.15) is 69.3 Å². The molecule has 216 valence electrons. The Morgan fingerprint density at radius 3 is 2.24 bits per heavy atom. The van der Waals surface area contributed by atoms with Crippen molar-refractivity contribution in [3.8, 4) is 17.2 Å². The molecule has 7 nitrogen and oxygen atoms in total. The van der Waals surface area contributed by atoms with E-state index in [1.54, 1.807) is 37.4 Å².